The second-order valence-corrected chi connectivity index (χ2v) is 5.30. The van der Waals surface area contributed by atoms with Crippen molar-refractivity contribution in [2.75, 3.05) is 0 Å². The van der Waals surface area contributed by atoms with Crippen LogP contribution in [0.3, 0.4) is 0 Å². The Hall–Kier alpha value is -2.30. The molecule has 0 aliphatic carbocycles. The molecule has 0 radical (unpaired) electrons. The second kappa shape index (κ2) is 6.92. The number of benzene rings is 2. The largest absolute Gasteiger partial charge is 0.373 e. The Kier molecular flexibility index (Phi) is 4.98. The van der Waals surface area contributed by atoms with Crippen LogP contribution in [-0.4, -0.2) is 5.11 Å². The van der Waals surface area contributed by atoms with E-state index in [9.17, 15) is 5.11 Å². The monoisotopic (exact) mass is 276 g/mol. The molecule has 1 atom stereocenters. The summed E-state index contributed by atoms with van der Waals surface area (Å²) in [4.78, 5) is 0. The van der Waals surface area contributed by atoms with E-state index in [-0.39, 0.29) is 0 Å². The molecule has 21 heavy (non-hydrogen) atoms. The Morgan fingerprint density at radius 1 is 1.05 bits per heavy atom. The highest BCUT2D eigenvalue weighted by Crippen LogP contribution is 2.27. The van der Waals surface area contributed by atoms with Crippen LogP contribution in [0.1, 0.15) is 30.9 Å². The van der Waals surface area contributed by atoms with Gasteiger partial charge in [-0.3, -0.25) is 0 Å². The predicted octanol–water partition coefficient (Wildman–Crippen LogP) is 4.28. The lowest BCUT2D eigenvalue weighted by molar-refractivity contribution is 0.0906. The van der Waals surface area contributed by atoms with Crippen molar-refractivity contribution in [3.63, 3.8) is 0 Å². The fraction of sp³-hybridized carbons (Fsp3) is 0.200. The van der Waals surface area contributed by atoms with Gasteiger partial charge in [-0.15, -0.1) is 6.58 Å². The van der Waals surface area contributed by atoms with Gasteiger partial charge in [0.15, 0.2) is 5.60 Å². The summed E-state index contributed by atoms with van der Waals surface area (Å²) in [6.45, 7) is 5.88. The molecule has 2 aromatic carbocycles. The van der Waals surface area contributed by atoms with E-state index >= 15 is 0 Å². The van der Waals surface area contributed by atoms with Crippen molar-refractivity contribution in [2.45, 2.75) is 25.4 Å². The minimum Gasteiger partial charge on any atom is -0.373 e. The maximum absolute atomic E-state index is 11.0. The highest BCUT2D eigenvalue weighted by Gasteiger charge is 2.26. The quantitative estimate of drug-likeness (QED) is 0.652. The molecule has 0 saturated heterocycles. The molecule has 1 N–H and O–H groups in total. The van der Waals surface area contributed by atoms with E-state index in [0.717, 1.165) is 23.1 Å². The van der Waals surface area contributed by atoms with Gasteiger partial charge in [0, 0.05) is 5.56 Å². The Morgan fingerprint density at radius 2 is 1.62 bits per heavy atom. The van der Waals surface area contributed by atoms with Crippen LogP contribution in [0.4, 0.5) is 0 Å². The van der Waals surface area contributed by atoms with Gasteiger partial charge in [0.05, 0.1) is 0 Å². The Labute approximate surface area is 127 Å². The average Bonchev–Trinajstić information content (AvgIpc) is 2.53. The molecule has 1 heteroatoms. The number of rotatable bonds is 4. The number of aliphatic hydroxyl groups is 1. The summed E-state index contributed by atoms with van der Waals surface area (Å²) in [7, 11) is 0. The maximum atomic E-state index is 11.0. The highest BCUT2D eigenvalue weighted by atomic mass is 16.3. The first kappa shape index (κ1) is 15.1. The van der Waals surface area contributed by atoms with Crippen molar-refractivity contribution < 1.29 is 5.11 Å². The van der Waals surface area contributed by atoms with Gasteiger partial charge in [-0.1, -0.05) is 65.9 Å². The first-order valence-corrected chi connectivity index (χ1v) is 7.11. The molecule has 0 amide bonds. The zero-order valence-corrected chi connectivity index (χ0v) is 12.3. The van der Waals surface area contributed by atoms with Gasteiger partial charge in [0.25, 0.3) is 0 Å². The zero-order valence-electron chi connectivity index (χ0n) is 12.3. The fourth-order valence-corrected chi connectivity index (χ4v) is 2.08. The Morgan fingerprint density at radius 3 is 2.19 bits per heavy atom. The van der Waals surface area contributed by atoms with Crippen LogP contribution in [0, 0.1) is 11.8 Å². The van der Waals surface area contributed by atoms with E-state index < -0.39 is 5.60 Å². The number of allylic oxidation sites excluding steroid dienone is 1. The lowest BCUT2D eigenvalue weighted by atomic mass is 9.88. The molecule has 0 fully saturated rings. The summed E-state index contributed by atoms with van der Waals surface area (Å²) < 4.78 is 0. The topological polar surface area (TPSA) is 20.2 Å². The van der Waals surface area contributed by atoms with Crippen molar-refractivity contribution in [1.82, 2.24) is 0 Å². The first-order valence-electron chi connectivity index (χ1n) is 7.11. The number of hydrogen-bond acceptors (Lipinski definition) is 1. The van der Waals surface area contributed by atoms with Gasteiger partial charge < -0.3 is 5.11 Å². The molecule has 106 valence electrons. The standard InChI is InChI=1S/C20H20O/c1-17(2)13-15-20(21,19-11-7-4-8-12-19)16-14-18-9-5-3-6-10-18/h3-12,21H,1,13,15H2,2H3. The van der Waals surface area contributed by atoms with Crippen LogP contribution in [0.25, 0.3) is 0 Å². The molecule has 0 aliphatic rings. The van der Waals surface area contributed by atoms with E-state index in [1.807, 2.05) is 67.6 Å². The van der Waals surface area contributed by atoms with Crippen molar-refractivity contribution in [2.24, 2.45) is 0 Å². The van der Waals surface area contributed by atoms with E-state index in [0.29, 0.717) is 6.42 Å². The molecule has 1 unspecified atom stereocenters. The van der Waals surface area contributed by atoms with Gasteiger partial charge in [-0.2, -0.15) is 0 Å². The van der Waals surface area contributed by atoms with Crippen LogP contribution in [-0.2, 0) is 5.60 Å². The zero-order chi connectivity index (χ0) is 15.1. The summed E-state index contributed by atoms with van der Waals surface area (Å²) in [5, 5.41) is 11.0. The lowest BCUT2D eigenvalue weighted by Crippen LogP contribution is -2.23. The van der Waals surface area contributed by atoms with Gasteiger partial charge in [-0.05, 0) is 37.5 Å². The molecule has 0 heterocycles. The van der Waals surface area contributed by atoms with Crippen LogP contribution in [0.15, 0.2) is 72.8 Å². The summed E-state index contributed by atoms with van der Waals surface area (Å²) >= 11 is 0. The van der Waals surface area contributed by atoms with Crippen LogP contribution in [0.5, 0.6) is 0 Å². The van der Waals surface area contributed by atoms with Crippen molar-refractivity contribution in [3.8, 4) is 11.8 Å². The van der Waals surface area contributed by atoms with Crippen molar-refractivity contribution in [3.05, 3.63) is 83.9 Å². The molecule has 1 nitrogen and oxygen atoms in total. The molecule has 0 bridgehead atoms. The first-order chi connectivity index (χ1) is 10.1. The van der Waals surface area contributed by atoms with Gasteiger partial charge in [0.1, 0.15) is 0 Å². The molecular formula is C20H20O. The van der Waals surface area contributed by atoms with Crippen molar-refractivity contribution >= 4 is 0 Å². The highest BCUT2D eigenvalue weighted by molar-refractivity contribution is 5.39. The van der Waals surface area contributed by atoms with E-state index in [2.05, 4.69) is 18.4 Å². The van der Waals surface area contributed by atoms with E-state index in [1.165, 1.54) is 0 Å². The molecule has 0 spiro atoms. The number of hydrogen-bond donors (Lipinski definition) is 1. The summed E-state index contributed by atoms with van der Waals surface area (Å²) in [6, 6.07) is 19.3. The smallest absolute Gasteiger partial charge is 0.151 e. The third kappa shape index (κ3) is 4.34. The van der Waals surface area contributed by atoms with Crippen LogP contribution < -0.4 is 0 Å². The van der Waals surface area contributed by atoms with E-state index in [4.69, 9.17) is 0 Å². The molecule has 2 rings (SSSR count). The van der Waals surface area contributed by atoms with Gasteiger partial charge >= 0.3 is 0 Å². The average molecular weight is 276 g/mol. The van der Waals surface area contributed by atoms with Crippen LogP contribution in [0.2, 0.25) is 0 Å². The van der Waals surface area contributed by atoms with E-state index in [1.54, 1.807) is 0 Å². The van der Waals surface area contributed by atoms with Gasteiger partial charge in [0.2, 0.25) is 0 Å². The molecule has 0 aromatic heterocycles. The normalized spacial score (nSPS) is 12.9. The van der Waals surface area contributed by atoms with Crippen LogP contribution >= 0.6 is 0 Å². The minimum absolute atomic E-state index is 0.548. The Bertz CT molecular complexity index is 646. The summed E-state index contributed by atoms with van der Waals surface area (Å²) in [5.41, 5.74) is 1.64. The van der Waals surface area contributed by atoms with Gasteiger partial charge in [-0.25, -0.2) is 0 Å². The SMILES string of the molecule is C=C(C)CCC(O)(C#Cc1ccccc1)c1ccccc1. The molecule has 0 aliphatic heterocycles. The summed E-state index contributed by atoms with van der Waals surface area (Å²) in [5.74, 6) is 6.13. The molecule has 0 saturated carbocycles. The fourth-order valence-electron chi connectivity index (χ4n) is 2.08. The second-order valence-electron chi connectivity index (χ2n) is 5.30. The third-order valence-electron chi connectivity index (χ3n) is 3.35. The lowest BCUT2D eigenvalue weighted by Gasteiger charge is -2.23. The molecular weight excluding hydrogens is 256 g/mol. The maximum Gasteiger partial charge on any atom is 0.151 e. The molecule has 2 aromatic rings. The third-order valence-corrected chi connectivity index (χ3v) is 3.35. The minimum atomic E-state index is -1.14. The van der Waals surface area contributed by atoms with Crippen molar-refractivity contribution in [1.29, 1.82) is 0 Å². The predicted molar refractivity (Wildman–Crippen MR) is 87.7 cm³/mol. The Balaban J connectivity index is 2.33. The summed E-state index contributed by atoms with van der Waals surface area (Å²) in [6.07, 6.45) is 1.29.